The highest BCUT2D eigenvalue weighted by molar-refractivity contribution is 7.99. The van der Waals surface area contributed by atoms with Gasteiger partial charge in [-0.2, -0.15) is 0 Å². The van der Waals surface area contributed by atoms with Crippen molar-refractivity contribution in [2.75, 3.05) is 38.5 Å². The van der Waals surface area contributed by atoms with Crippen molar-refractivity contribution in [3.63, 3.8) is 0 Å². The Bertz CT molecular complexity index is 987. The Labute approximate surface area is 196 Å². The number of aromatic nitrogens is 4. The third-order valence-corrected chi connectivity index (χ3v) is 7.35. The normalized spacial score (nSPS) is 21.2. The summed E-state index contributed by atoms with van der Waals surface area (Å²) in [6.45, 7) is 2.17. The van der Waals surface area contributed by atoms with Crippen molar-refractivity contribution < 1.29 is 19.1 Å². The van der Waals surface area contributed by atoms with Gasteiger partial charge >= 0.3 is 0 Å². The van der Waals surface area contributed by atoms with Crippen LogP contribution in [-0.2, 0) is 9.59 Å². The number of tetrazole rings is 1. The molecule has 1 saturated heterocycles. The second kappa shape index (κ2) is 9.98. The predicted molar refractivity (Wildman–Crippen MR) is 120 cm³/mol. The summed E-state index contributed by atoms with van der Waals surface area (Å²) in [6, 6.07) is 7.68. The van der Waals surface area contributed by atoms with Crippen molar-refractivity contribution in [2.45, 2.75) is 49.4 Å². The van der Waals surface area contributed by atoms with Crippen LogP contribution in [0.25, 0.3) is 0 Å². The minimum atomic E-state index is -0.656. The van der Waals surface area contributed by atoms with Gasteiger partial charge in [-0.3, -0.25) is 9.59 Å². The number of amides is 2. The Kier molecular flexibility index (Phi) is 6.65. The maximum absolute atomic E-state index is 12.9. The molecule has 1 aromatic heterocycles. The van der Waals surface area contributed by atoms with Crippen LogP contribution in [0.5, 0.6) is 11.5 Å². The first-order valence-corrected chi connectivity index (χ1v) is 12.5. The highest BCUT2D eigenvalue weighted by Crippen LogP contribution is 2.32. The van der Waals surface area contributed by atoms with Gasteiger partial charge in [0.15, 0.2) is 11.5 Å². The SMILES string of the molecule is O=C(CSc1nnnn1C1CCCCC1)N1CCN(C(=O)C2COc3ccccc3O2)CC1. The van der Waals surface area contributed by atoms with Crippen LogP contribution in [-0.4, -0.2) is 86.5 Å². The summed E-state index contributed by atoms with van der Waals surface area (Å²) in [5, 5.41) is 12.8. The fourth-order valence-electron chi connectivity index (χ4n) is 4.57. The van der Waals surface area contributed by atoms with Gasteiger partial charge in [-0.15, -0.1) is 5.10 Å². The van der Waals surface area contributed by atoms with E-state index >= 15 is 0 Å². The van der Waals surface area contributed by atoms with Crippen LogP contribution >= 0.6 is 11.8 Å². The number of thioether (sulfide) groups is 1. The fraction of sp³-hybridized carbons (Fsp3) is 0.591. The van der Waals surface area contributed by atoms with Crippen LogP contribution in [0.1, 0.15) is 38.1 Å². The number of carbonyl (C=O) groups is 2. The lowest BCUT2D eigenvalue weighted by atomic mass is 9.96. The molecule has 0 spiro atoms. The van der Waals surface area contributed by atoms with E-state index < -0.39 is 6.10 Å². The third-order valence-electron chi connectivity index (χ3n) is 6.44. The summed E-state index contributed by atoms with van der Waals surface area (Å²) in [6.07, 6.45) is 5.17. The van der Waals surface area contributed by atoms with E-state index in [-0.39, 0.29) is 24.2 Å². The summed E-state index contributed by atoms with van der Waals surface area (Å²) in [5.74, 6) is 1.47. The molecule has 3 heterocycles. The summed E-state index contributed by atoms with van der Waals surface area (Å²) < 4.78 is 13.4. The van der Waals surface area contributed by atoms with E-state index in [1.165, 1.54) is 31.0 Å². The van der Waals surface area contributed by atoms with Crippen molar-refractivity contribution >= 4 is 23.6 Å². The number of hydrogen-bond acceptors (Lipinski definition) is 8. The number of rotatable bonds is 5. The molecular formula is C22H28N6O4S. The van der Waals surface area contributed by atoms with Gasteiger partial charge in [0.05, 0.1) is 11.8 Å². The lowest BCUT2D eigenvalue weighted by molar-refractivity contribution is -0.145. The van der Waals surface area contributed by atoms with E-state index in [0.29, 0.717) is 48.9 Å². The van der Waals surface area contributed by atoms with E-state index in [1.807, 2.05) is 22.9 Å². The van der Waals surface area contributed by atoms with E-state index in [9.17, 15) is 9.59 Å². The van der Waals surface area contributed by atoms with Crippen LogP contribution in [0, 0.1) is 0 Å². The maximum atomic E-state index is 12.9. The summed E-state index contributed by atoms with van der Waals surface area (Å²) in [7, 11) is 0. The molecule has 0 bridgehead atoms. The maximum Gasteiger partial charge on any atom is 0.267 e. The Hall–Kier alpha value is -2.82. The first kappa shape index (κ1) is 22.0. The van der Waals surface area contributed by atoms with E-state index in [4.69, 9.17) is 9.47 Å². The molecule has 176 valence electrons. The standard InChI is InChI=1S/C22H28N6O4S/c29-20(15-33-22-23-24-25-28(22)16-6-2-1-3-7-16)26-10-12-27(13-11-26)21(30)19-14-31-17-8-4-5-9-18(17)32-19/h4-5,8-9,16,19H,1-3,6-7,10-15H2. The predicted octanol–water partition coefficient (Wildman–Crippen LogP) is 1.78. The van der Waals surface area contributed by atoms with Crippen molar-refractivity contribution in [3.05, 3.63) is 24.3 Å². The molecule has 3 aliphatic rings. The van der Waals surface area contributed by atoms with E-state index in [1.54, 1.807) is 15.9 Å². The number of carbonyl (C=O) groups excluding carboxylic acids is 2. The lowest BCUT2D eigenvalue weighted by Crippen LogP contribution is -2.55. The van der Waals surface area contributed by atoms with Gasteiger partial charge in [0.25, 0.3) is 5.91 Å². The molecule has 10 nitrogen and oxygen atoms in total. The third kappa shape index (κ3) is 4.92. The molecule has 1 saturated carbocycles. The Morgan fingerprint density at radius 3 is 2.52 bits per heavy atom. The number of benzene rings is 1. The highest BCUT2D eigenvalue weighted by atomic mass is 32.2. The van der Waals surface area contributed by atoms with Gasteiger partial charge < -0.3 is 19.3 Å². The Morgan fingerprint density at radius 1 is 1.00 bits per heavy atom. The average molecular weight is 473 g/mol. The van der Waals surface area contributed by atoms with Gasteiger partial charge in [0, 0.05) is 26.2 Å². The van der Waals surface area contributed by atoms with Gasteiger partial charge in [0.2, 0.25) is 17.2 Å². The highest BCUT2D eigenvalue weighted by Gasteiger charge is 2.33. The minimum Gasteiger partial charge on any atom is -0.485 e. The first-order chi connectivity index (χ1) is 16.2. The molecule has 33 heavy (non-hydrogen) atoms. The molecule has 1 unspecified atom stereocenters. The average Bonchev–Trinajstić information content (AvgIpc) is 3.36. The molecule has 5 rings (SSSR count). The summed E-state index contributed by atoms with van der Waals surface area (Å²) in [5.41, 5.74) is 0. The van der Waals surface area contributed by atoms with E-state index in [2.05, 4.69) is 15.5 Å². The van der Waals surface area contributed by atoms with Gasteiger partial charge in [-0.1, -0.05) is 43.2 Å². The van der Waals surface area contributed by atoms with Crippen molar-refractivity contribution in [1.29, 1.82) is 0 Å². The molecule has 1 aromatic carbocycles. The molecule has 2 amide bonds. The van der Waals surface area contributed by atoms with Crippen molar-refractivity contribution in [1.82, 2.24) is 30.0 Å². The number of fused-ring (bicyclic) bond motifs is 1. The second-order valence-corrected chi connectivity index (χ2v) is 9.50. The van der Waals surface area contributed by atoms with Crippen LogP contribution in [0.4, 0.5) is 0 Å². The zero-order chi connectivity index (χ0) is 22.6. The van der Waals surface area contributed by atoms with Crippen molar-refractivity contribution in [2.24, 2.45) is 0 Å². The van der Waals surface area contributed by atoms with Gasteiger partial charge in [-0.25, -0.2) is 4.68 Å². The Morgan fingerprint density at radius 2 is 1.73 bits per heavy atom. The lowest BCUT2D eigenvalue weighted by Gasteiger charge is -2.37. The largest absolute Gasteiger partial charge is 0.485 e. The molecule has 11 heteroatoms. The zero-order valence-electron chi connectivity index (χ0n) is 18.5. The smallest absolute Gasteiger partial charge is 0.267 e. The fourth-order valence-corrected chi connectivity index (χ4v) is 5.42. The summed E-state index contributed by atoms with van der Waals surface area (Å²) in [4.78, 5) is 29.2. The van der Waals surface area contributed by atoms with Crippen LogP contribution in [0.3, 0.4) is 0 Å². The monoisotopic (exact) mass is 472 g/mol. The minimum absolute atomic E-state index is 0.0384. The summed E-state index contributed by atoms with van der Waals surface area (Å²) >= 11 is 1.39. The number of para-hydroxylation sites is 2. The number of ether oxygens (including phenoxy) is 2. The van der Waals surface area contributed by atoms with E-state index in [0.717, 1.165) is 12.8 Å². The molecule has 1 aliphatic carbocycles. The quantitative estimate of drug-likeness (QED) is 0.607. The van der Waals surface area contributed by atoms with Crippen LogP contribution < -0.4 is 9.47 Å². The topological polar surface area (TPSA) is 103 Å². The molecule has 2 aromatic rings. The molecule has 1 atom stereocenters. The number of piperazine rings is 1. The van der Waals surface area contributed by atoms with Crippen molar-refractivity contribution in [3.8, 4) is 11.5 Å². The van der Waals surface area contributed by atoms with Crippen LogP contribution in [0.2, 0.25) is 0 Å². The molecule has 2 aliphatic heterocycles. The van der Waals surface area contributed by atoms with Gasteiger partial charge in [-0.05, 0) is 35.4 Å². The second-order valence-electron chi connectivity index (χ2n) is 8.56. The molecule has 2 fully saturated rings. The molecular weight excluding hydrogens is 444 g/mol. The number of hydrogen-bond donors (Lipinski definition) is 0. The molecule has 0 N–H and O–H groups in total. The zero-order valence-corrected chi connectivity index (χ0v) is 19.3. The van der Waals surface area contributed by atoms with Crippen LogP contribution in [0.15, 0.2) is 29.4 Å². The first-order valence-electron chi connectivity index (χ1n) is 11.5. The Balaban J connectivity index is 1.09. The number of nitrogens with zero attached hydrogens (tertiary/aromatic N) is 6. The molecule has 0 radical (unpaired) electrons. The van der Waals surface area contributed by atoms with Gasteiger partial charge in [0.1, 0.15) is 6.61 Å².